The second kappa shape index (κ2) is 7.24. The third-order valence-corrected chi connectivity index (χ3v) is 3.75. The average Bonchev–Trinajstić information content (AvgIpc) is 2.51. The second-order valence-electron chi connectivity index (χ2n) is 6.27. The number of hydrazine groups is 1. The van der Waals surface area contributed by atoms with Gasteiger partial charge >= 0.3 is 0 Å². The summed E-state index contributed by atoms with van der Waals surface area (Å²) < 4.78 is 0. The van der Waals surface area contributed by atoms with Crippen LogP contribution >= 0.6 is 23.2 Å². The molecule has 0 radical (unpaired) electrons. The molecule has 0 aliphatic rings. The Labute approximate surface area is 151 Å². The Balaban J connectivity index is 2.27. The highest BCUT2D eigenvalue weighted by Gasteiger charge is 2.29. The molecule has 24 heavy (non-hydrogen) atoms. The summed E-state index contributed by atoms with van der Waals surface area (Å²) >= 11 is 11.8. The highest BCUT2D eigenvalue weighted by molar-refractivity contribution is 6.31. The van der Waals surface area contributed by atoms with Crippen molar-refractivity contribution in [3.8, 4) is 0 Å². The van der Waals surface area contributed by atoms with Crippen LogP contribution in [0.3, 0.4) is 0 Å². The van der Waals surface area contributed by atoms with Gasteiger partial charge in [0.1, 0.15) is 0 Å². The van der Waals surface area contributed by atoms with Gasteiger partial charge in [0.15, 0.2) is 0 Å². The summed E-state index contributed by atoms with van der Waals surface area (Å²) in [5.74, 6) is -0.732. The molecule has 0 atom stereocenters. The van der Waals surface area contributed by atoms with Crippen molar-refractivity contribution in [2.75, 3.05) is 0 Å². The molecule has 126 valence electrons. The van der Waals surface area contributed by atoms with Crippen LogP contribution in [0.15, 0.2) is 48.5 Å². The van der Waals surface area contributed by atoms with E-state index in [-0.39, 0.29) is 5.91 Å². The Morgan fingerprint density at radius 2 is 1.54 bits per heavy atom. The average molecular weight is 365 g/mol. The van der Waals surface area contributed by atoms with Crippen LogP contribution in [0.2, 0.25) is 10.0 Å². The van der Waals surface area contributed by atoms with Crippen LogP contribution in [0.5, 0.6) is 0 Å². The van der Waals surface area contributed by atoms with Crippen molar-refractivity contribution in [1.82, 2.24) is 10.4 Å². The lowest BCUT2D eigenvalue weighted by Gasteiger charge is -2.35. The molecule has 0 bridgehead atoms. The monoisotopic (exact) mass is 364 g/mol. The molecule has 6 heteroatoms. The number of halogens is 2. The van der Waals surface area contributed by atoms with E-state index in [1.54, 1.807) is 48.5 Å². The van der Waals surface area contributed by atoms with Crippen molar-refractivity contribution in [2.45, 2.75) is 26.3 Å². The highest BCUT2D eigenvalue weighted by atomic mass is 35.5. The zero-order chi connectivity index (χ0) is 17.9. The molecule has 0 aliphatic carbocycles. The molecule has 2 amide bonds. The van der Waals surface area contributed by atoms with Gasteiger partial charge in [0.25, 0.3) is 11.8 Å². The Bertz CT molecular complexity index is 752. The first-order valence-corrected chi connectivity index (χ1v) is 8.11. The van der Waals surface area contributed by atoms with Crippen LogP contribution in [0, 0.1) is 0 Å². The van der Waals surface area contributed by atoms with E-state index >= 15 is 0 Å². The third kappa shape index (κ3) is 4.49. The van der Waals surface area contributed by atoms with Crippen LogP contribution in [0.4, 0.5) is 0 Å². The van der Waals surface area contributed by atoms with Crippen molar-refractivity contribution >= 4 is 35.0 Å². The zero-order valence-electron chi connectivity index (χ0n) is 13.6. The largest absolute Gasteiger partial charge is 0.272 e. The van der Waals surface area contributed by atoms with Crippen LogP contribution in [0.1, 0.15) is 41.5 Å². The van der Waals surface area contributed by atoms with Crippen LogP contribution < -0.4 is 5.43 Å². The first-order valence-electron chi connectivity index (χ1n) is 7.35. The first-order chi connectivity index (χ1) is 11.2. The normalized spacial score (nSPS) is 11.0. The van der Waals surface area contributed by atoms with Gasteiger partial charge in [-0.05, 0) is 63.2 Å². The van der Waals surface area contributed by atoms with E-state index in [1.807, 2.05) is 20.8 Å². The van der Waals surface area contributed by atoms with Crippen molar-refractivity contribution in [1.29, 1.82) is 0 Å². The van der Waals surface area contributed by atoms with Crippen LogP contribution in [-0.2, 0) is 0 Å². The molecule has 2 aromatic rings. The molecule has 2 aromatic carbocycles. The zero-order valence-corrected chi connectivity index (χ0v) is 15.2. The summed E-state index contributed by atoms with van der Waals surface area (Å²) in [4.78, 5) is 25.2. The Hall–Kier alpha value is -2.04. The number of amides is 2. The molecular weight excluding hydrogens is 347 g/mol. The molecule has 0 heterocycles. The van der Waals surface area contributed by atoms with Gasteiger partial charge in [0.2, 0.25) is 0 Å². The maximum absolute atomic E-state index is 12.8. The van der Waals surface area contributed by atoms with Crippen molar-refractivity contribution in [3.05, 3.63) is 69.7 Å². The molecule has 0 aliphatic heterocycles. The molecular formula is C18H18Cl2N2O2. The predicted molar refractivity (Wildman–Crippen MR) is 96.3 cm³/mol. The molecule has 0 fully saturated rings. The number of nitrogens with zero attached hydrogens (tertiary/aromatic N) is 1. The van der Waals surface area contributed by atoms with Gasteiger partial charge in [-0.1, -0.05) is 29.3 Å². The number of rotatable bonds is 2. The van der Waals surface area contributed by atoms with Crippen LogP contribution in [-0.4, -0.2) is 22.4 Å². The van der Waals surface area contributed by atoms with Crippen molar-refractivity contribution in [3.63, 3.8) is 0 Å². The molecule has 0 aromatic heterocycles. The van der Waals surface area contributed by atoms with Gasteiger partial charge in [0.05, 0.1) is 5.54 Å². The number of hydrogen-bond acceptors (Lipinski definition) is 2. The predicted octanol–water partition coefficient (Wildman–Crippen LogP) is 4.58. The maximum atomic E-state index is 12.8. The minimum absolute atomic E-state index is 0.340. The van der Waals surface area contributed by atoms with Crippen LogP contribution in [0.25, 0.3) is 0 Å². The van der Waals surface area contributed by atoms with E-state index in [0.717, 1.165) is 0 Å². The Morgan fingerprint density at radius 1 is 0.917 bits per heavy atom. The van der Waals surface area contributed by atoms with Gasteiger partial charge in [-0.3, -0.25) is 15.0 Å². The quantitative estimate of drug-likeness (QED) is 0.792. The molecule has 0 saturated heterocycles. The highest BCUT2D eigenvalue weighted by Crippen LogP contribution is 2.18. The number of carbonyl (C=O) groups excluding carboxylic acids is 2. The van der Waals surface area contributed by atoms with Gasteiger partial charge in [-0.25, -0.2) is 5.01 Å². The lowest BCUT2D eigenvalue weighted by molar-refractivity contribution is 0.0358. The van der Waals surface area contributed by atoms with Gasteiger partial charge in [-0.15, -0.1) is 0 Å². The maximum Gasteiger partial charge on any atom is 0.272 e. The number of carbonyl (C=O) groups is 2. The molecule has 4 nitrogen and oxygen atoms in total. The van der Waals surface area contributed by atoms with E-state index < -0.39 is 11.4 Å². The van der Waals surface area contributed by atoms with Gasteiger partial charge in [-0.2, -0.15) is 0 Å². The van der Waals surface area contributed by atoms with E-state index in [9.17, 15) is 9.59 Å². The standard InChI is InChI=1S/C18H18Cl2N2O2/c1-18(2,3)22(17(24)13-5-4-6-15(20)11-13)21-16(23)12-7-9-14(19)10-8-12/h4-11H,1-3H3,(H,21,23). The molecule has 0 saturated carbocycles. The van der Waals surface area contributed by atoms with E-state index in [4.69, 9.17) is 23.2 Å². The smallest absolute Gasteiger partial charge is 0.267 e. The minimum Gasteiger partial charge on any atom is -0.267 e. The minimum atomic E-state index is -0.624. The summed E-state index contributed by atoms with van der Waals surface area (Å²) in [5.41, 5.74) is 2.85. The molecule has 1 N–H and O–H groups in total. The summed E-state index contributed by atoms with van der Waals surface area (Å²) in [7, 11) is 0. The molecule has 0 spiro atoms. The first kappa shape index (κ1) is 18.3. The topological polar surface area (TPSA) is 49.4 Å². The fraction of sp³-hybridized carbons (Fsp3) is 0.222. The summed E-state index contributed by atoms with van der Waals surface area (Å²) in [6.45, 7) is 5.49. The Kier molecular flexibility index (Phi) is 5.52. The lowest BCUT2D eigenvalue weighted by Crippen LogP contribution is -2.55. The van der Waals surface area contributed by atoms with E-state index in [1.165, 1.54) is 5.01 Å². The lowest BCUT2D eigenvalue weighted by atomic mass is 10.1. The Morgan fingerprint density at radius 3 is 2.08 bits per heavy atom. The van der Waals surface area contributed by atoms with Crippen molar-refractivity contribution < 1.29 is 9.59 Å². The SMILES string of the molecule is CC(C)(C)N(NC(=O)c1ccc(Cl)cc1)C(=O)c1cccc(Cl)c1. The van der Waals surface area contributed by atoms with Crippen molar-refractivity contribution in [2.24, 2.45) is 0 Å². The summed E-state index contributed by atoms with van der Waals surface area (Å²) in [6.07, 6.45) is 0. The molecule has 2 rings (SSSR count). The third-order valence-electron chi connectivity index (χ3n) is 3.27. The summed E-state index contributed by atoms with van der Waals surface area (Å²) in [6, 6.07) is 13.0. The number of benzene rings is 2. The molecule has 0 unspecified atom stereocenters. The van der Waals surface area contributed by atoms with Gasteiger partial charge in [0, 0.05) is 21.2 Å². The fourth-order valence-electron chi connectivity index (χ4n) is 2.04. The fourth-order valence-corrected chi connectivity index (χ4v) is 2.36. The second-order valence-corrected chi connectivity index (χ2v) is 7.14. The van der Waals surface area contributed by atoms with E-state index in [0.29, 0.717) is 21.2 Å². The van der Waals surface area contributed by atoms with Gasteiger partial charge < -0.3 is 0 Å². The number of hydrogen-bond donors (Lipinski definition) is 1. The summed E-state index contributed by atoms with van der Waals surface area (Å²) in [5, 5.41) is 2.29. The number of nitrogens with one attached hydrogen (secondary N) is 1. The van der Waals surface area contributed by atoms with E-state index in [2.05, 4.69) is 5.43 Å².